The van der Waals surface area contributed by atoms with Crippen molar-refractivity contribution < 1.29 is 0 Å². The predicted octanol–water partition coefficient (Wildman–Crippen LogP) is 1.41. The molecule has 1 aliphatic heterocycles. The molecule has 1 aliphatic rings. The number of H-pyrrole nitrogens is 1. The van der Waals surface area contributed by atoms with E-state index in [0.29, 0.717) is 17.9 Å². The monoisotopic (exact) mass is 208 g/mol. The van der Waals surface area contributed by atoms with Crippen molar-refractivity contribution in [3.05, 3.63) is 11.8 Å². The second-order valence-corrected chi connectivity index (χ2v) is 4.65. The second kappa shape index (κ2) is 4.23. The van der Waals surface area contributed by atoms with Crippen LogP contribution in [-0.4, -0.2) is 33.7 Å². The molecule has 0 spiro atoms. The van der Waals surface area contributed by atoms with E-state index in [0.717, 1.165) is 12.1 Å². The lowest BCUT2D eigenvalue weighted by atomic mass is 10.1. The normalized spacial score (nSPS) is 22.7. The second-order valence-electron chi connectivity index (χ2n) is 4.65. The first-order chi connectivity index (χ1) is 7.16. The van der Waals surface area contributed by atoms with E-state index < -0.39 is 0 Å². The number of rotatable bonds is 3. The van der Waals surface area contributed by atoms with Crippen LogP contribution in [0.3, 0.4) is 0 Å². The van der Waals surface area contributed by atoms with Crippen molar-refractivity contribution in [2.75, 3.05) is 12.3 Å². The maximum Gasteiger partial charge on any atom is 0.145 e. The van der Waals surface area contributed by atoms with Crippen molar-refractivity contribution >= 4 is 5.82 Å². The summed E-state index contributed by atoms with van der Waals surface area (Å²) in [6.07, 6.45) is 3.64. The molecule has 2 rings (SSSR count). The zero-order chi connectivity index (χ0) is 10.8. The lowest BCUT2D eigenvalue weighted by molar-refractivity contribution is 0.202. The summed E-state index contributed by atoms with van der Waals surface area (Å²) in [4.78, 5) is 2.57. The number of hydrogen-bond acceptors (Lipinski definition) is 3. The largest absolute Gasteiger partial charge is 0.382 e. The van der Waals surface area contributed by atoms with Gasteiger partial charge in [0.2, 0.25) is 0 Å². The van der Waals surface area contributed by atoms with E-state index in [4.69, 9.17) is 5.73 Å². The van der Waals surface area contributed by atoms with Crippen LogP contribution < -0.4 is 5.73 Å². The van der Waals surface area contributed by atoms with E-state index in [1.165, 1.54) is 19.4 Å². The molecule has 4 heteroatoms. The van der Waals surface area contributed by atoms with Gasteiger partial charge in [-0.3, -0.25) is 10.00 Å². The molecule has 0 aliphatic carbocycles. The topological polar surface area (TPSA) is 57.9 Å². The lowest BCUT2D eigenvalue weighted by Crippen LogP contribution is -2.36. The molecule has 15 heavy (non-hydrogen) atoms. The Kier molecular flexibility index (Phi) is 2.95. The Morgan fingerprint density at radius 3 is 3.07 bits per heavy atom. The smallest absolute Gasteiger partial charge is 0.145 e. The standard InChI is InChI=1S/C11H20N4/c1-8(2)15-5-3-4-10(15)6-9-7-11(12)14-13-9/h7-8,10H,3-6H2,1-2H3,(H3,12,13,14). The van der Waals surface area contributed by atoms with Crippen LogP contribution in [0, 0.1) is 0 Å². The molecular formula is C11H20N4. The molecule has 0 radical (unpaired) electrons. The fraction of sp³-hybridized carbons (Fsp3) is 0.727. The number of aromatic amines is 1. The Hall–Kier alpha value is -1.03. The van der Waals surface area contributed by atoms with Crippen LogP contribution in [0.5, 0.6) is 0 Å². The van der Waals surface area contributed by atoms with Gasteiger partial charge in [-0.2, -0.15) is 5.10 Å². The highest BCUT2D eigenvalue weighted by molar-refractivity contribution is 5.28. The average Bonchev–Trinajstić information content (AvgIpc) is 2.75. The van der Waals surface area contributed by atoms with Crippen LogP contribution in [-0.2, 0) is 6.42 Å². The van der Waals surface area contributed by atoms with Crippen molar-refractivity contribution in [3.8, 4) is 0 Å². The number of nitrogens with two attached hydrogens (primary N) is 1. The Morgan fingerprint density at radius 2 is 2.47 bits per heavy atom. The number of anilines is 1. The van der Waals surface area contributed by atoms with Crippen molar-refractivity contribution in [1.29, 1.82) is 0 Å². The summed E-state index contributed by atoms with van der Waals surface area (Å²) >= 11 is 0. The molecule has 1 aromatic rings. The van der Waals surface area contributed by atoms with Crippen LogP contribution >= 0.6 is 0 Å². The Morgan fingerprint density at radius 1 is 1.67 bits per heavy atom. The highest BCUT2D eigenvalue weighted by Gasteiger charge is 2.26. The van der Waals surface area contributed by atoms with Gasteiger partial charge < -0.3 is 5.73 Å². The maximum absolute atomic E-state index is 5.59. The number of hydrogen-bond donors (Lipinski definition) is 2. The minimum absolute atomic E-state index is 0.596. The molecule has 1 aromatic heterocycles. The molecule has 0 saturated carbocycles. The Bertz CT molecular complexity index is 318. The number of nitrogen functional groups attached to an aromatic ring is 1. The third-order valence-electron chi connectivity index (χ3n) is 3.19. The highest BCUT2D eigenvalue weighted by atomic mass is 15.2. The molecule has 3 N–H and O–H groups in total. The summed E-state index contributed by atoms with van der Waals surface area (Å²) in [5.74, 6) is 0.596. The Labute approximate surface area is 90.8 Å². The van der Waals surface area contributed by atoms with E-state index in [1.54, 1.807) is 0 Å². The van der Waals surface area contributed by atoms with Crippen LogP contribution in [0.2, 0.25) is 0 Å². The summed E-state index contributed by atoms with van der Waals surface area (Å²) in [6, 6.07) is 3.24. The molecule has 1 unspecified atom stereocenters. The lowest BCUT2D eigenvalue weighted by Gasteiger charge is -2.27. The summed E-state index contributed by atoms with van der Waals surface area (Å²) in [5, 5.41) is 6.95. The molecule has 1 saturated heterocycles. The van der Waals surface area contributed by atoms with Gasteiger partial charge in [-0.1, -0.05) is 0 Å². The predicted molar refractivity (Wildman–Crippen MR) is 61.6 cm³/mol. The SMILES string of the molecule is CC(C)N1CCCC1Cc1cc(N)n[nH]1. The first-order valence-electron chi connectivity index (χ1n) is 5.72. The van der Waals surface area contributed by atoms with Crippen molar-refractivity contribution in [2.24, 2.45) is 0 Å². The van der Waals surface area contributed by atoms with Crippen LogP contribution in [0.15, 0.2) is 6.07 Å². The molecule has 4 nitrogen and oxygen atoms in total. The van der Waals surface area contributed by atoms with Gasteiger partial charge >= 0.3 is 0 Å². The molecule has 84 valence electrons. The Balaban J connectivity index is 1.99. The molecule has 0 aromatic carbocycles. The zero-order valence-corrected chi connectivity index (χ0v) is 9.53. The number of nitrogens with one attached hydrogen (secondary N) is 1. The minimum Gasteiger partial charge on any atom is -0.382 e. The van der Waals surface area contributed by atoms with E-state index in [2.05, 4.69) is 28.9 Å². The van der Waals surface area contributed by atoms with Crippen molar-refractivity contribution in [3.63, 3.8) is 0 Å². The van der Waals surface area contributed by atoms with E-state index in [1.807, 2.05) is 6.07 Å². The summed E-state index contributed by atoms with van der Waals surface area (Å²) in [6.45, 7) is 5.76. The van der Waals surface area contributed by atoms with Gasteiger partial charge in [-0.05, 0) is 33.2 Å². The molecule has 0 bridgehead atoms. The van der Waals surface area contributed by atoms with E-state index >= 15 is 0 Å². The summed E-state index contributed by atoms with van der Waals surface area (Å²) in [7, 11) is 0. The van der Waals surface area contributed by atoms with Crippen LogP contribution in [0.4, 0.5) is 5.82 Å². The quantitative estimate of drug-likeness (QED) is 0.789. The fourth-order valence-electron chi connectivity index (χ4n) is 2.49. The van der Waals surface area contributed by atoms with Gasteiger partial charge in [0.25, 0.3) is 0 Å². The molecule has 1 fully saturated rings. The van der Waals surface area contributed by atoms with Gasteiger partial charge in [0.05, 0.1) is 0 Å². The van der Waals surface area contributed by atoms with Crippen molar-refractivity contribution in [2.45, 2.75) is 45.2 Å². The molecular weight excluding hydrogens is 188 g/mol. The first kappa shape index (κ1) is 10.5. The number of nitrogens with zero attached hydrogens (tertiary/aromatic N) is 2. The zero-order valence-electron chi connectivity index (χ0n) is 9.53. The molecule has 1 atom stereocenters. The third kappa shape index (κ3) is 2.31. The average molecular weight is 208 g/mol. The van der Waals surface area contributed by atoms with Gasteiger partial charge in [-0.25, -0.2) is 0 Å². The highest BCUT2D eigenvalue weighted by Crippen LogP contribution is 2.22. The van der Waals surface area contributed by atoms with Crippen molar-refractivity contribution in [1.82, 2.24) is 15.1 Å². The molecule has 0 amide bonds. The summed E-state index contributed by atoms with van der Waals surface area (Å²) < 4.78 is 0. The maximum atomic E-state index is 5.59. The number of aromatic nitrogens is 2. The van der Waals surface area contributed by atoms with Gasteiger partial charge in [0.15, 0.2) is 0 Å². The molecule has 2 heterocycles. The van der Waals surface area contributed by atoms with Gasteiger partial charge in [0, 0.05) is 30.3 Å². The minimum atomic E-state index is 0.596. The van der Waals surface area contributed by atoms with Crippen LogP contribution in [0.1, 0.15) is 32.4 Å². The first-order valence-corrected chi connectivity index (χ1v) is 5.72. The van der Waals surface area contributed by atoms with E-state index in [-0.39, 0.29) is 0 Å². The summed E-state index contributed by atoms with van der Waals surface area (Å²) in [5.41, 5.74) is 6.75. The van der Waals surface area contributed by atoms with Gasteiger partial charge in [-0.15, -0.1) is 0 Å². The van der Waals surface area contributed by atoms with Crippen LogP contribution in [0.25, 0.3) is 0 Å². The van der Waals surface area contributed by atoms with Gasteiger partial charge in [0.1, 0.15) is 5.82 Å². The third-order valence-corrected chi connectivity index (χ3v) is 3.19. The number of likely N-dealkylation sites (tertiary alicyclic amines) is 1. The van der Waals surface area contributed by atoms with E-state index in [9.17, 15) is 0 Å². The fourth-order valence-corrected chi connectivity index (χ4v) is 2.49.